The van der Waals surface area contributed by atoms with Crippen molar-refractivity contribution < 1.29 is 14.6 Å². The number of hydrogen-bond donors (Lipinski definition) is 3. The standard InChI is InChI=1S/C24H35N3O3/c1-5-25-23(26-15-20-13-9-10-14-22(20)30-24(2,3)4)27-16-21(28)18-29-17-19-11-7-6-8-12-19/h6-14,21,28H,5,15-18H2,1-4H3,(H2,25,26,27). The topological polar surface area (TPSA) is 75.1 Å². The second-order valence-electron chi connectivity index (χ2n) is 8.05. The van der Waals surface area contributed by atoms with E-state index in [-0.39, 0.29) is 12.2 Å². The number of rotatable bonds is 10. The van der Waals surface area contributed by atoms with Crippen molar-refractivity contribution in [3.05, 3.63) is 65.7 Å². The van der Waals surface area contributed by atoms with Crippen LogP contribution in [0.3, 0.4) is 0 Å². The minimum atomic E-state index is -0.630. The fourth-order valence-corrected chi connectivity index (χ4v) is 2.73. The van der Waals surface area contributed by atoms with E-state index in [1.165, 1.54) is 0 Å². The zero-order valence-electron chi connectivity index (χ0n) is 18.5. The largest absolute Gasteiger partial charge is 0.488 e. The molecule has 0 aliphatic heterocycles. The van der Waals surface area contributed by atoms with Gasteiger partial charge < -0.3 is 25.2 Å². The molecular formula is C24H35N3O3. The molecule has 30 heavy (non-hydrogen) atoms. The van der Waals surface area contributed by atoms with E-state index in [2.05, 4.69) is 15.6 Å². The Morgan fingerprint density at radius 3 is 2.43 bits per heavy atom. The molecule has 2 rings (SSSR count). The zero-order chi connectivity index (χ0) is 21.8. The number of aliphatic imine (C=N–C) groups is 1. The number of benzene rings is 2. The summed E-state index contributed by atoms with van der Waals surface area (Å²) in [6.07, 6.45) is -0.630. The molecule has 0 amide bonds. The average molecular weight is 414 g/mol. The highest BCUT2D eigenvalue weighted by Gasteiger charge is 2.14. The van der Waals surface area contributed by atoms with Crippen molar-refractivity contribution in [2.24, 2.45) is 4.99 Å². The predicted molar refractivity (Wildman–Crippen MR) is 122 cm³/mol. The SMILES string of the molecule is CCNC(=NCc1ccccc1OC(C)(C)C)NCC(O)COCc1ccccc1. The van der Waals surface area contributed by atoms with Crippen molar-refractivity contribution in [3.63, 3.8) is 0 Å². The van der Waals surface area contributed by atoms with Crippen LogP contribution < -0.4 is 15.4 Å². The van der Waals surface area contributed by atoms with Crippen molar-refractivity contribution in [1.82, 2.24) is 10.6 Å². The van der Waals surface area contributed by atoms with Gasteiger partial charge in [-0.25, -0.2) is 4.99 Å². The van der Waals surface area contributed by atoms with E-state index in [9.17, 15) is 5.11 Å². The maximum Gasteiger partial charge on any atom is 0.191 e. The lowest BCUT2D eigenvalue weighted by Crippen LogP contribution is -2.42. The molecule has 0 spiro atoms. The number of hydrogen-bond acceptors (Lipinski definition) is 4. The zero-order valence-corrected chi connectivity index (χ0v) is 18.5. The maximum atomic E-state index is 10.2. The molecule has 0 fully saturated rings. The first-order chi connectivity index (χ1) is 14.4. The highest BCUT2D eigenvalue weighted by molar-refractivity contribution is 5.79. The lowest BCUT2D eigenvalue weighted by Gasteiger charge is -2.23. The lowest BCUT2D eigenvalue weighted by atomic mass is 10.1. The molecule has 6 heteroatoms. The first kappa shape index (κ1) is 23.7. The van der Waals surface area contributed by atoms with Crippen molar-refractivity contribution in [2.75, 3.05) is 19.7 Å². The van der Waals surface area contributed by atoms with Gasteiger partial charge in [-0.15, -0.1) is 0 Å². The minimum Gasteiger partial charge on any atom is -0.488 e. The Labute approximate surface area is 180 Å². The van der Waals surface area contributed by atoms with Crippen LogP contribution >= 0.6 is 0 Å². The Bertz CT molecular complexity index is 773. The van der Waals surface area contributed by atoms with Gasteiger partial charge in [0.25, 0.3) is 0 Å². The first-order valence-electron chi connectivity index (χ1n) is 10.5. The Hall–Kier alpha value is -2.57. The molecule has 2 aromatic rings. The van der Waals surface area contributed by atoms with Crippen LogP contribution in [-0.4, -0.2) is 42.5 Å². The van der Waals surface area contributed by atoms with Crippen molar-refractivity contribution in [1.29, 1.82) is 0 Å². The first-order valence-corrected chi connectivity index (χ1v) is 10.5. The van der Waals surface area contributed by atoms with Gasteiger partial charge in [0.1, 0.15) is 11.4 Å². The summed E-state index contributed by atoms with van der Waals surface area (Å²) in [5, 5.41) is 16.6. The van der Waals surface area contributed by atoms with Gasteiger partial charge in [0, 0.05) is 18.7 Å². The monoisotopic (exact) mass is 413 g/mol. The highest BCUT2D eigenvalue weighted by atomic mass is 16.5. The van der Waals surface area contributed by atoms with E-state index in [0.717, 1.165) is 23.4 Å². The molecule has 0 aliphatic carbocycles. The van der Waals surface area contributed by atoms with Gasteiger partial charge in [0.2, 0.25) is 0 Å². The molecule has 0 saturated carbocycles. The Kier molecular flexibility index (Phi) is 9.64. The number of ether oxygens (including phenoxy) is 2. The molecule has 3 N–H and O–H groups in total. The Balaban J connectivity index is 1.85. The van der Waals surface area contributed by atoms with Gasteiger partial charge in [-0.2, -0.15) is 0 Å². The van der Waals surface area contributed by atoms with Crippen molar-refractivity contribution >= 4 is 5.96 Å². The van der Waals surface area contributed by atoms with E-state index in [4.69, 9.17) is 9.47 Å². The number of nitrogens with zero attached hydrogens (tertiary/aromatic N) is 1. The van der Waals surface area contributed by atoms with Crippen LogP contribution in [0.15, 0.2) is 59.6 Å². The number of aliphatic hydroxyl groups is 1. The fraction of sp³-hybridized carbons (Fsp3) is 0.458. The van der Waals surface area contributed by atoms with Gasteiger partial charge >= 0.3 is 0 Å². The molecule has 0 bridgehead atoms. The van der Waals surface area contributed by atoms with Crippen molar-refractivity contribution in [3.8, 4) is 5.75 Å². The van der Waals surface area contributed by atoms with Gasteiger partial charge in [0.15, 0.2) is 5.96 Å². The second kappa shape index (κ2) is 12.2. The normalized spacial score (nSPS) is 13.0. The Morgan fingerprint density at radius 2 is 1.73 bits per heavy atom. The van der Waals surface area contributed by atoms with Crippen LogP contribution in [0, 0.1) is 0 Å². The van der Waals surface area contributed by atoms with Crippen molar-refractivity contribution in [2.45, 2.75) is 52.6 Å². The number of para-hydroxylation sites is 1. The number of nitrogens with one attached hydrogen (secondary N) is 2. The van der Waals surface area contributed by atoms with Crippen LogP contribution in [0.1, 0.15) is 38.8 Å². The molecule has 6 nitrogen and oxygen atoms in total. The smallest absolute Gasteiger partial charge is 0.191 e. The fourth-order valence-electron chi connectivity index (χ4n) is 2.73. The molecule has 0 saturated heterocycles. The number of guanidine groups is 1. The lowest BCUT2D eigenvalue weighted by molar-refractivity contribution is 0.0308. The van der Waals surface area contributed by atoms with E-state index in [1.54, 1.807) is 0 Å². The van der Waals surface area contributed by atoms with E-state index >= 15 is 0 Å². The van der Waals surface area contributed by atoms with Crippen LogP contribution in [0.25, 0.3) is 0 Å². The molecule has 1 unspecified atom stereocenters. The molecule has 0 aromatic heterocycles. The third-order valence-corrected chi connectivity index (χ3v) is 4.07. The number of aliphatic hydroxyl groups excluding tert-OH is 1. The summed E-state index contributed by atoms with van der Waals surface area (Å²) < 4.78 is 11.6. The van der Waals surface area contributed by atoms with Crippen LogP contribution in [0.2, 0.25) is 0 Å². The summed E-state index contributed by atoms with van der Waals surface area (Å²) in [7, 11) is 0. The van der Waals surface area contributed by atoms with Crippen LogP contribution in [0.4, 0.5) is 0 Å². The summed E-state index contributed by atoms with van der Waals surface area (Å²) in [6.45, 7) is 10.4. The molecular weight excluding hydrogens is 378 g/mol. The average Bonchev–Trinajstić information content (AvgIpc) is 2.71. The molecule has 1 atom stereocenters. The van der Waals surface area contributed by atoms with Gasteiger partial charge in [-0.3, -0.25) is 0 Å². The summed E-state index contributed by atoms with van der Waals surface area (Å²) in [5.41, 5.74) is 1.83. The summed E-state index contributed by atoms with van der Waals surface area (Å²) in [6, 6.07) is 17.8. The van der Waals surface area contributed by atoms with E-state index in [0.29, 0.717) is 25.7 Å². The molecule has 2 aromatic carbocycles. The summed E-state index contributed by atoms with van der Waals surface area (Å²) in [5.74, 6) is 1.48. The Morgan fingerprint density at radius 1 is 1.03 bits per heavy atom. The second-order valence-corrected chi connectivity index (χ2v) is 8.05. The maximum absolute atomic E-state index is 10.2. The van der Waals surface area contributed by atoms with Crippen LogP contribution in [0.5, 0.6) is 5.75 Å². The summed E-state index contributed by atoms with van der Waals surface area (Å²) >= 11 is 0. The molecule has 0 radical (unpaired) electrons. The molecule has 164 valence electrons. The van der Waals surface area contributed by atoms with Gasteiger partial charge in [0.05, 0.1) is 25.9 Å². The summed E-state index contributed by atoms with van der Waals surface area (Å²) in [4.78, 5) is 4.64. The van der Waals surface area contributed by atoms with Gasteiger partial charge in [-0.1, -0.05) is 48.5 Å². The third-order valence-electron chi connectivity index (χ3n) is 4.07. The molecule has 0 aliphatic rings. The highest BCUT2D eigenvalue weighted by Crippen LogP contribution is 2.23. The minimum absolute atomic E-state index is 0.254. The van der Waals surface area contributed by atoms with Crippen LogP contribution in [-0.2, 0) is 17.9 Å². The van der Waals surface area contributed by atoms with E-state index in [1.807, 2.05) is 82.3 Å². The van der Waals surface area contributed by atoms with E-state index < -0.39 is 6.10 Å². The third kappa shape index (κ3) is 9.29. The predicted octanol–water partition coefficient (Wildman–Crippen LogP) is 3.50. The molecule has 0 heterocycles. The van der Waals surface area contributed by atoms with Gasteiger partial charge in [-0.05, 0) is 39.3 Å². The quantitative estimate of drug-likeness (QED) is 0.411.